The van der Waals surface area contributed by atoms with Gasteiger partial charge in [0.1, 0.15) is 0 Å². The minimum atomic E-state index is -2.98. The lowest BCUT2D eigenvalue weighted by Crippen LogP contribution is -2.12. The van der Waals surface area contributed by atoms with Crippen LogP contribution in [-0.4, -0.2) is 38.4 Å². The lowest BCUT2D eigenvalue weighted by atomic mass is 10.1. The van der Waals surface area contributed by atoms with Crippen molar-refractivity contribution in [1.29, 1.82) is 0 Å². The topological polar surface area (TPSA) is 132 Å². The Labute approximate surface area is 196 Å². The number of aromatic nitrogens is 4. The van der Waals surface area contributed by atoms with Crippen LogP contribution in [0.25, 0.3) is 22.8 Å². The van der Waals surface area contributed by atoms with Crippen molar-refractivity contribution in [2.75, 3.05) is 10.6 Å². The molecule has 1 aromatic carbocycles. The smallest absolute Gasteiger partial charge is 0.387 e. The monoisotopic (exact) mass is 478 g/mol. The number of fused-ring (bicyclic) bond motifs is 1. The largest absolute Gasteiger partial charge is 0.432 e. The van der Waals surface area contributed by atoms with Crippen LogP contribution in [0, 0.1) is 6.92 Å². The molecular weight excluding hydrogens is 462 g/mol. The Morgan fingerprint density at radius 1 is 1.09 bits per heavy atom. The lowest BCUT2D eigenvalue weighted by Gasteiger charge is -2.09. The number of nitrogens with one attached hydrogen (secondary N) is 2. The van der Waals surface area contributed by atoms with Gasteiger partial charge in [0.15, 0.2) is 11.6 Å². The number of alkyl halides is 2. The predicted octanol–water partition coefficient (Wildman–Crippen LogP) is 3.85. The van der Waals surface area contributed by atoms with Crippen molar-refractivity contribution in [2.24, 2.45) is 0 Å². The van der Waals surface area contributed by atoms with Gasteiger partial charge < -0.3 is 19.8 Å². The van der Waals surface area contributed by atoms with E-state index in [1.54, 1.807) is 31.2 Å². The molecule has 0 atom stereocenters. The van der Waals surface area contributed by atoms with Crippen LogP contribution in [0.3, 0.4) is 0 Å². The van der Waals surface area contributed by atoms with Crippen molar-refractivity contribution < 1.29 is 27.5 Å². The average Bonchev–Trinajstić information content (AvgIpc) is 3.46. The van der Waals surface area contributed by atoms with E-state index in [4.69, 9.17) is 4.42 Å². The minimum Gasteiger partial charge on any atom is -0.432 e. The number of hydrogen-bond donors (Lipinski definition) is 2. The fourth-order valence-corrected chi connectivity index (χ4v) is 3.47. The number of anilines is 2. The van der Waals surface area contributed by atoms with Crippen molar-refractivity contribution >= 4 is 23.2 Å². The molecule has 12 heteroatoms. The molecule has 0 saturated heterocycles. The number of benzene rings is 1. The molecule has 0 fully saturated rings. The molecule has 4 aromatic rings. The summed E-state index contributed by atoms with van der Waals surface area (Å²) in [6, 6.07) is 6.89. The lowest BCUT2D eigenvalue weighted by molar-refractivity contribution is -0.115. The quantitative estimate of drug-likeness (QED) is 0.427. The van der Waals surface area contributed by atoms with E-state index in [-0.39, 0.29) is 35.6 Å². The first-order valence-corrected chi connectivity index (χ1v) is 10.3. The second kappa shape index (κ2) is 8.89. The van der Waals surface area contributed by atoms with Crippen LogP contribution in [-0.2, 0) is 11.2 Å². The molecule has 0 radical (unpaired) electrons. The molecule has 1 aliphatic rings. The summed E-state index contributed by atoms with van der Waals surface area (Å²) in [5, 5.41) is 5.47. The maximum absolute atomic E-state index is 12.8. The normalized spacial score (nSPS) is 12.4. The van der Waals surface area contributed by atoms with Crippen LogP contribution in [0.1, 0.15) is 21.8 Å². The zero-order valence-corrected chi connectivity index (χ0v) is 18.1. The van der Waals surface area contributed by atoms with Crippen molar-refractivity contribution in [2.45, 2.75) is 20.0 Å². The maximum Gasteiger partial charge on any atom is 0.387 e. The van der Waals surface area contributed by atoms with Gasteiger partial charge in [0, 0.05) is 23.0 Å². The number of carbonyl (C=O) groups excluding carboxylic acids is 2. The van der Waals surface area contributed by atoms with E-state index >= 15 is 0 Å². The average molecular weight is 478 g/mol. The molecule has 5 rings (SSSR count). The summed E-state index contributed by atoms with van der Waals surface area (Å²) in [7, 11) is 0. The summed E-state index contributed by atoms with van der Waals surface area (Å²) in [4.78, 5) is 40.8. The highest BCUT2D eigenvalue weighted by Gasteiger charge is 2.20. The summed E-state index contributed by atoms with van der Waals surface area (Å²) in [5.74, 6) is -0.389. The number of oxazole rings is 1. The fraction of sp³-hybridized carbons (Fsp3) is 0.130. The van der Waals surface area contributed by atoms with Crippen molar-refractivity contribution in [3.05, 3.63) is 66.1 Å². The van der Waals surface area contributed by atoms with E-state index in [1.165, 1.54) is 12.4 Å². The summed E-state index contributed by atoms with van der Waals surface area (Å²) in [6.45, 7) is -1.28. The van der Waals surface area contributed by atoms with Gasteiger partial charge in [-0.25, -0.2) is 15.0 Å². The Morgan fingerprint density at radius 2 is 1.89 bits per heavy atom. The first-order chi connectivity index (χ1) is 16.9. The standard InChI is InChI=1S/C23H16F2N6O4/c1-11-17(5-14(7-26-11)20-27-8-15(9-28-20)34-23(24)25)31-21(33)18-10-29-22(35-18)12-2-3-16-13(4-12)6-19(32)30-16/h2-5,7-10,23H,6H2,1H3,(H,30,32)(H,31,33). The van der Waals surface area contributed by atoms with E-state index in [2.05, 4.69) is 35.3 Å². The predicted molar refractivity (Wildman–Crippen MR) is 119 cm³/mol. The number of aryl methyl sites for hydroxylation is 1. The molecule has 0 bridgehead atoms. The third kappa shape index (κ3) is 4.67. The molecule has 10 nitrogen and oxygen atoms in total. The number of nitrogens with zero attached hydrogens (tertiary/aromatic N) is 4. The molecule has 4 heterocycles. The van der Waals surface area contributed by atoms with Crippen molar-refractivity contribution in [1.82, 2.24) is 19.9 Å². The van der Waals surface area contributed by atoms with E-state index in [1.807, 2.05) is 0 Å². The number of halogens is 2. The summed E-state index contributed by atoms with van der Waals surface area (Å²) in [6.07, 6.45) is 5.30. The van der Waals surface area contributed by atoms with Gasteiger partial charge in [-0.2, -0.15) is 8.78 Å². The molecule has 0 unspecified atom stereocenters. The molecule has 0 spiro atoms. The Kier molecular flexibility index (Phi) is 5.61. The van der Waals surface area contributed by atoms with Gasteiger partial charge in [-0.15, -0.1) is 0 Å². The van der Waals surface area contributed by atoms with Crippen molar-refractivity contribution in [3.8, 4) is 28.6 Å². The molecule has 176 valence electrons. The highest BCUT2D eigenvalue weighted by atomic mass is 19.3. The minimum absolute atomic E-state index is 0.0238. The number of rotatable bonds is 6. The SMILES string of the molecule is Cc1ncc(-c2ncc(OC(F)F)cn2)cc1NC(=O)c1cnc(-c2ccc3c(c2)CC(=O)N3)o1. The van der Waals surface area contributed by atoms with Gasteiger partial charge in [0.05, 0.1) is 36.4 Å². The second-order valence-electron chi connectivity index (χ2n) is 7.56. The van der Waals surface area contributed by atoms with E-state index in [0.29, 0.717) is 22.5 Å². The van der Waals surface area contributed by atoms with Crippen LogP contribution in [0.2, 0.25) is 0 Å². The highest BCUT2D eigenvalue weighted by molar-refractivity contribution is 6.03. The van der Waals surface area contributed by atoms with Crippen LogP contribution < -0.4 is 15.4 Å². The molecule has 2 amide bonds. The Morgan fingerprint density at radius 3 is 2.66 bits per heavy atom. The first kappa shape index (κ1) is 22.1. The number of amides is 2. The molecule has 2 N–H and O–H groups in total. The zero-order chi connectivity index (χ0) is 24.5. The molecule has 35 heavy (non-hydrogen) atoms. The van der Waals surface area contributed by atoms with Gasteiger partial charge in [-0.1, -0.05) is 0 Å². The van der Waals surface area contributed by atoms with Gasteiger partial charge >= 0.3 is 6.61 Å². The molecule has 0 saturated carbocycles. The summed E-state index contributed by atoms with van der Waals surface area (Å²) < 4.78 is 34.5. The van der Waals surface area contributed by atoms with Crippen LogP contribution in [0.4, 0.5) is 20.2 Å². The number of hydrogen-bond acceptors (Lipinski definition) is 8. The van der Waals surface area contributed by atoms with Crippen LogP contribution >= 0.6 is 0 Å². The third-order valence-electron chi connectivity index (χ3n) is 5.15. The fourth-order valence-electron chi connectivity index (χ4n) is 3.47. The van der Waals surface area contributed by atoms with Gasteiger partial charge in [0.2, 0.25) is 17.6 Å². The van der Waals surface area contributed by atoms with Crippen LogP contribution in [0.15, 0.2) is 53.5 Å². The van der Waals surface area contributed by atoms with Gasteiger partial charge in [0.25, 0.3) is 5.91 Å². The highest BCUT2D eigenvalue weighted by Crippen LogP contribution is 2.29. The molecule has 0 aliphatic carbocycles. The molecule has 3 aromatic heterocycles. The van der Waals surface area contributed by atoms with Crippen LogP contribution in [0.5, 0.6) is 5.75 Å². The zero-order valence-electron chi connectivity index (χ0n) is 18.1. The first-order valence-electron chi connectivity index (χ1n) is 10.3. The molecule has 1 aliphatic heterocycles. The van der Waals surface area contributed by atoms with Gasteiger partial charge in [-0.3, -0.25) is 14.6 Å². The third-order valence-corrected chi connectivity index (χ3v) is 5.15. The number of carbonyl (C=O) groups is 2. The maximum atomic E-state index is 12.8. The number of ether oxygens (including phenoxy) is 1. The van der Waals surface area contributed by atoms with E-state index in [9.17, 15) is 18.4 Å². The summed E-state index contributed by atoms with van der Waals surface area (Å²) in [5.41, 5.74) is 3.56. The Balaban J connectivity index is 1.33. The summed E-state index contributed by atoms with van der Waals surface area (Å²) >= 11 is 0. The Hall–Kier alpha value is -4.74. The van der Waals surface area contributed by atoms with Crippen molar-refractivity contribution in [3.63, 3.8) is 0 Å². The van der Waals surface area contributed by atoms with Gasteiger partial charge in [-0.05, 0) is 36.8 Å². The number of pyridine rings is 1. The molecular formula is C23H16F2N6O4. The van der Waals surface area contributed by atoms with E-state index in [0.717, 1.165) is 23.6 Å². The van der Waals surface area contributed by atoms with E-state index < -0.39 is 12.5 Å². The Bertz CT molecular complexity index is 1440. The second-order valence-corrected chi connectivity index (χ2v) is 7.56.